The molecule has 0 radical (unpaired) electrons. The molecule has 2 heterocycles. The first-order valence-electron chi connectivity index (χ1n) is 11.8. The van der Waals surface area contributed by atoms with E-state index in [9.17, 15) is 35.9 Å². The van der Waals surface area contributed by atoms with Crippen molar-refractivity contribution in [2.24, 2.45) is 0 Å². The van der Waals surface area contributed by atoms with E-state index in [4.69, 9.17) is 20.1 Å². The highest BCUT2D eigenvalue weighted by atomic mass is 79.9. The van der Waals surface area contributed by atoms with Gasteiger partial charge in [-0.25, -0.2) is 19.6 Å². The first kappa shape index (κ1) is 37.5. The van der Waals surface area contributed by atoms with Crippen LogP contribution in [0.5, 0.6) is 5.88 Å². The zero-order chi connectivity index (χ0) is 31.6. The lowest BCUT2D eigenvalue weighted by Gasteiger charge is -2.13. The number of nitrogens with zero attached hydrogens (tertiary/aromatic N) is 2. The number of rotatable bonds is 12. The van der Waals surface area contributed by atoms with Crippen molar-refractivity contribution in [3.8, 4) is 5.88 Å². The molecular formula is C26H29BrF6N2O6. The smallest absolute Gasteiger partial charge is 0.417 e. The third kappa shape index (κ3) is 14.1. The van der Waals surface area contributed by atoms with Crippen LogP contribution in [-0.4, -0.2) is 50.4 Å². The minimum Gasteiger partial charge on any atom is -0.478 e. The monoisotopic (exact) mass is 658 g/mol. The molecule has 0 amide bonds. The maximum atomic E-state index is 12.7. The quantitative estimate of drug-likeness (QED) is 0.0929. The number of hydrogen-bond acceptors (Lipinski definition) is 6. The maximum absolute atomic E-state index is 12.7. The van der Waals surface area contributed by atoms with E-state index in [1.165, 1.54) is 0 Å². The van der Waals surface area contributed by atoms with Gasteiger partial charge in [0, 0.05) is 19.0 Å². The Morgan fingerprint density at radius 3 is 1.71 bits per heavy atom. The second-order valence-corrected chi connectivity index (χ2v) is 8.56. The number of aromatic nitrogens is 2. The summed E-state index contributed by atoms with van der Waals surface area (Å²) in [6.07, 6.45) is 0.983. The van der Waals surface area contributed by atoms with E-state index in [0.717, 1.165) is 44.5 Å². The topological polar surface area (TPSA) is 130 Å². The van der Waals surface area contributed by atoms with E-state index in [1.54, 1.807) is 6.08 Å². The second kappa shape index (κ2) is 18.8. The van der Waals surface area contributed by atoms with Crippen molar-refractivity contribution in [2.75, 3.05) is 13.2 Å². The molecule has 3 N–H and O–H groups in total. The lowest BCUT2D eigenvalue weighted by molar-refractivity contribution is -0.139. The number of carboxylic acid groups (broad SMARTS) is 2. The fourth-order valence-electron chi connectivity index (χ4n) is 2.83. The van der Waals surface area contributed by atoms with E-state index in [2.05, 4.69) is 39.1 Å². The largest absolute Gasteiger partial charge is 0.478 e. The standard InChI is InChI=1S/C13H14F3NO3.C7H3BrF3NO2.C6H12O/c1-2-3-4-5-8-20-11-10(12(18)19)9(6-7-17-11)13(14,15)16;8-5-4(6(13)14)3(1-2-12-5)7(9,10)11;1-2-3-4-5-6-7/h2,6-7H,1,3-5,8H2,(H,18,19);1-2H,(H,13,14);2,7H,1,3-6H2. The normalized spacial score (nSPS) is 10.8. The number of ether oxygens (including phenoxy) is 1. The van der Waals surface area contributed by atoms with Gasteiger partial charge in [-0.2, -0.15) is 26.3 Å². The summed E-state index contributed by atoms with van der Waals surface area (Å²) in [6.45, 7) is 7.50. The van der Waals surface area contributed by atoms with Crippen molar-refractivity contribution in [3.63, 3.8) is 0 Å². The summed E-state index contributed by atoms with van der Waals surface area (Å²) in [5.41, 5.74) is -4.31. The van der Waals surface area contributed by atoms with Crippen molar-refractivity contribution in [3.05, 3.63) is 76.7 Å². The first-order valence-corrected chi connectivity index (χ1v) is 12.6. The predicted octanol–water partition coefficient (Wildman–Crippen LogP) is 7.43. The molecule has 15 heteroatoms. The SMILES string of the molecule is C=CCCCCO.C=CCCCCOc1nccc(C(F)(F)F)c1C(=O)O.O=C(O)c1c(C(F)(F)F)ccnc1Br. The van der Waals surface area contributed by atoms with Crippen LogP contribution in [0.25, 0.3) is 0 Å². The summed E-state index contributed by atoms with van der Waals surface area (Å²) in [5, 5.41) is 25.7. The van der Waals surface area contributed by atoms with Gasteiger partial charge in [-0.15, -0.1) is 13.2 Å². The number of carbonyl (C=O) groups is 2. The third-order valence-corrected chi connectivity index (χ3v) is 5.32. The molecule has 0 aliphatic heterocycles. The third-order valence-electron chi connectivity index (χ3n) is 4.72. The molecule has 0 fully saturated rings. The van der Waals surface area contributed by atoms with Crippen LogP contribution in [0.3, 0.4) is 0 Å². The minimum absolute atomic E-state index is 0.0996. The van der Waals surface area contributed by atoms with Crippen LogP contribution < -0.4 is 4.74 Å². The Bertz CT molecular complexity index is 1140. The number of pyridine rings is 2. The maximum Gasteiger partial charge on any atom is 0.417 e. The lowest BCUT2D eigenvalue weighted by Crippen LogP contribution is -2.16. The molecule has 2 rings (SSSR count). The van der Waals surface area contributed by atoms with Crippen LogP contribution in [0.1, 0.15) is 70.4 Å². The average Bonchev–Trinajstić information content (AvgIpc) is 2.88. The van der Waals surface area contributed by atoms with Gasteiger partial charge >= 0.3 is 24.3 Å². The molecule has 41 heavy (non-hydrogen) atoms. The molecule has 2 aromatic rings. The zero-order valence-corrected chi connectivity index (χ0v) is 23.2. The summed E-state index contributed by atoms with van der Waals surface area (Å²) in [6, 6.07) is 1.24. The molecule has 0 bridgehead atoms. The number of allylic oxidation sites excluding steroid dienone is 2. The molecule has 0 spiro atoms. The molecule has 0 saturated heterocycles. The first-order chi connectivity index (χ1) is 19.1. The molecule has 0 aliphatic rings. The van der Waals surface area contributed by atoms with Crippen molar-refractivity contribution in [1.29, 1.82) is 0 Å². The van der Waals surface area contributed by atoms with Crippen LogP contribution in [0.15, 0.2) is 54.4 Å². The highest BCUT2D eigenvalue weighted by molar-refractivity contribution is 9.10. The Kier molecular flexibility index (Phi) is 17.2. The van der Waals surface area contributed by atoms with E-state index in [0.29, 0.717) is 25.2 Å². The van der Waals surface area contributed by atoms with Gasteiger partial charge in [0.25, 0.3) is 0 Å². The van der Waals surface area contributed by atoms with E-state index in [-0.39, 0.29) is 11.2 Å². The highest BCUT2D eigenvalue weighted by Gasteiger charge is 2.38. The number of aliphatic hydroxyl groups excluding tert-OH is 1. The Morgan fingerprint density at radius 2 is 1.29 bits per heavy atom. The van der Waals surface area contributed by atoms with Gasteiger partial charge < -0.3 is 20.1 Å². The van der Waals surface area contributed by atoms with Crippen LogP contribution in [-0.2, 0) is 12.4 Å². The molecule has 2 aromatic heterocycles. The Morgan fingerprint density at radius 1 is 0.829 bits per heavy atom. The van der Waals surface area contributed by atoms with Gasteiger partial charge in [0.1, 0.15) is 15.7 Å². The minimum atomic E-state index is -4.77. The number of unbranched alkanes of at least 4 members (excludes halogenated alkanes) is 4. The second-order valence-electron chi connectivity index (χ2n) is 7.81. The lowest BCUT2D eigenvalue weighted by atomic mass is 10.1. The zero-order valence-electron chi connectivity index (χ0n) is 21.6. The summed E-state index contributed by atoms with van der Waals surface area (Å²) in [4.78, 5) is 28.5. The van der Waals surface area contributed by atoms with E-state index >= 15 is 0 Å². The fourth-order valence-corrected chi connectivity index (χ4v) is 3.33. The summed E-state index contributed by atoms with van der Waals surface area (Å²) < 4.78 is 79.7. The molecule has 0 unspecified atom stereocenters. The molecule has 0 saturated carbocycles. The number of aliphatic hydroxyl groups is 1. The molecular weight excluding hydrogens is 630 g/mol. The summed E-state index contributed by atoms with van der Waals surface area (Å²) in [7, 11) is 0. The molecule has 0 atom stereocenters. The van der Waals surface area contributed by atoms with Crippen LogP contribution in [0.2, 0.25) is 0 Å². The van der Waals surface area contributed by atoms with E-state index < -0.39 is 52.4 Å². The number of hydrogen-bond donors (Lipinski definition) is 3. The summed E-state index contributed by atoms with van der Waals surface area (Å²) in [5.74, 6) is -3.89. The Balaban J connectivity index is 0.000000659. The number of alkyl halides is 6. The van der Waals surface area contributed by atoms with Crippen LogP contribution in [0, 0.1) is 0 Å². The van der Waals surface area contributed by atoms with Crippen LogP contribution in [0.4, 0.5) is 26.3 Å². The number of carboxylic acids is 2. The van der Waals surface area contributed by atoms with Gasteiger partial charge in [0.05, 0.1) is 17.7 Å². The van der Waals surface area contributed by atoms with Crippen molar-refractivity contribution < 1.29 is 56.0 Å². The van der Waals surface area contributed by atoms with Crippen molar-refractivity contribution >= 4 is 27.9 Å². The number of aromatic carboxylic acids is 2. The summed E-state index contributed by atoms with van der Waals surface area (Å²) >= 11 is 2.65. The van der Waals surface area contributed by atoms with Gasteiger partial charge in [-0.1, -0.05) is 12.2 Å². The highest BCUT2D eigenvalue weighted by Crippen LogP contribution is 2.35. The van der Waals surface area contributed by atoms with Gasteiger partial charge in [0.2, 0.25) is 5.88 Å². The molecule has 8 nitrogen and oxygen atoms in total. The van der Waals surface area contributed by atoms with Crippen molar-refractivity contribution in [2.45, 2.75) is 50.9 Å². The van der Waals surface area contributed by atoms with Gasteiger partial charge in [0.15, 0.2) is 0 Å². The fraction of sp³-hybridized carbons (Fsp3) is 0.385. The van der Waals surface area contributed by atoms with Gasteiger partial charge in [-0.3, -0.25) is 0 Å². The number of halogens is 7. The molecule has 228 valence electrons. The Hall–Kier alpha value is -3.46. The average molecular weight is 659 g/mol. The molecule has 0 aliphatic carbocycles. The Labute approximate surface area is 240 Å². The van der Waals surface area contributed by atoms with Crippen molar-refractivity contribution in [1.82, 2.24) is 9.97 Å². The van der Waals surface area contributed by atoms with E-state index in [1.807, 2.05) is 6.08 Å². The van der Waals surface area contributed by atoms with Gasteiger partial charge in [-0.05, 0) is 66.6 Å². The predicted molar refractivity (Wildman–Crippen MR) is 141 cm³/mol. The van der Waals surface area contributed by atoms with Crippen LogP contribution >= 0.6 is 15.9 Å². The molecule has 0 aromatic carbocycles.